The number of aliphatic imine (C=N–C) groups is 2. The zero-order chi connectivity index (χ0) is 27.2. The quantitative estimate of drug-likeness (QED) is 0.340. The number of carbonyl (C=O) groups excluding carboxylic acids is 1. The topological polar surface area (TPSA) is 82.2 Å². The van der Waals surface area contributed by atoms with Crippen LogP contribution in [0.5, 0.6) is 0 Å². The lowest BCUT2D eigenvalue weighted by Crippen LogP contribution is -2.25. The van der Waals surface area contributed by atoms with E-state index in [0.29, 0.717) is 34.8 Å². The van der Waals surface area contributed by atoms with Crippen molar-refractivity contribution in [3.8, 4) is 11.3 Å². The van der Waals surface area contributed by atoms with E-state index < -0.39 is 0 Å². The van der Waals surface area contributed by atoms with Crippen molar-refractivity contribution in [2.24, 2.45) is 15.9 Å². The van der Waals surface area contributed by atoms with E-state index in [-0.39, 0.29) is 11.9 Å². The number of nitrogens with one attached hydrogen (secondary N) is 2. The number of rotatable bonds is 6. The molecule has 2 aliphatic rings. The SMILES string of the molecule is CN(C)C1=NC(=NC2CCCC(CCNC(=O)c3coc(-c4ccc(Cl)cc4)c3)CC2)Nc2ccccc2C1. The van der Waals surface area contributed by atoms with Gasteiger partial charge < -0.3 is 20.0 Å². The summed E-state index contributed by atoms with van der Waals surface area (Å²) in [5, 5.41) is 7.21. The van der Waals surface area contributed by atoms with Crippen LogP contribution in [0.4, 0.5) is 5.69 Å². The highest BCUT2D eigenvalue weighted by Crippen LogP contribution is 2.28. The van der Waals surface area contributed by atoms with Gasteiger partial charge in [0.25, 0.3) is 5.91 Å². The maximum Gasteiger partial charge on any atom is 0.254 e. The first-order valence-electron chi connectivity index (χ1n) is 13.7. The van der Waals surface area contributed by atoms with Crippen molar-refractivity contribution in [1.82, 2.24) is 10.2 Å². The van der Waals surface area contributed by atoms with Crippen LogP contribution in [0.15, 0.2) is 75.3 Å². The minimum absolute atomic E-state index is 0.105. The van der Waals surface area contributed by atoms with Gasteiger partial charge in [0.1, 0.15) is 17.9 Å². The number of guanidine groups is 1. The molecular formula is C31H36ClN5O2. The molecular weight excluding hydrogens is 510 g/mol. The van der Waals surface area contributed by atoms with E-state index in [1.807, 2.05) is 44.4 Å². The summed E-state index contributed by atoms with van der Waals surface area (Å²) in [6, 6.07) is 17.8. The largest absolute Gasteiger partial charge is 0.464 e. The van der Waals surface area contributed by atoms with Crippen molar-refractivity contribution in [3.05, 3.63) is 77.0 Å². The Balaban J connectivity index is 1.13. The number of hydrogen-bond donors (Lipinski definition) is 2. The van der Waals surface area contributed by atoms with Gasteiger partial charge in [-0.05, 0) is 73.6 Å². The van der Waals surface area contributed by atoms with Gasteiger partial charge in [0.15, 0.2) is 0 Å². The molecule has 3 aromatic rings. The van der Waals surface area contributed by atoms with E-state index in [2.05, 4.69) is 33.7 Å². The number of nitrogens with zero attached hydrogens (tertiary/aromatic N) is 3. The molecule has 0 spiro atoms. The minimum Gasteiger partial charge on any atom is -0.464 e. The lowest BCUT2D eigenvalue weighted by Gasteiger charge is -2.15. The van der Waals surface area contributed by atoms with Gasteiger partial charge in [-0.25, -0.2) is 4.99 Å². The zero-order valence-corrected chi connectivity index (χ0v) is 23.4. The first-order valence-corrected chi connectivity index (χ1v) is 14.1. The highest BCUT2D eigenvalue weighted by molar-refractivity contribution is 6.30. The van der Waals surface area contributed by atoms with Gasteiger partial charge in [0.2, 0.25) is 5.96 Å². The van der Waals surface area contributed by atoms with Gasteiger partial charge >= 0.3 is 0 Å². The molecule has 2 aromatic carbocycles. The van der Waals surface area contributed by atoms with Crippen LogP contribution in [0.25, 0.3) is 11.3 Å². The number of anilines is 1. The van der Waals surface area contributed by atoms with Crippen LogP contribution in [-0.4, -0.2) is 49.3 Å². The summed E-state index contributed by atoms with van der Waals surface area (Å²) in [6.07, 6.45) is 8.75. The number of amidine groups is 1. The summed E-state index contributed by atoms with van der Waals surface area (Å²) in [4.78, 5) is 24.7. The molecule has 1 fully saturated rings. The van der Waals surface area contributed by atoms with Gasteiger partial charge in [-0.15, -0.1) is 0 Å². The molecule has 0 bridgehead atoms. The highest BCUT2D eigenvalue weighted by Gasteiger charge is 2.21. The molecule has 2 N–H and O–H groups in total. The first kappa shape index (κ1) is 27.0. The molecule has 2 unspecified atom stereocenters. The fraction of sp³-hybridized carbons (Fsp3) is 0.387. The van der Waals surface area contributed by atoms with Crippen LogP contribution in [0.3, 0.4) is 0 Å². The van der Waals surface area contributed by atoms with Crippen LogP contribution in [-0.2, 0) is 6.42 Å². The molecule has 39 heavy (non-hydrogen) atoms. The number of likely N-dealkylation sites (N-methyl/N-ethyl adjacent to an activating group) is 1. The van der Waals surface area contributed by atoms with Crippen LogP contribution < -0.4 is 10.6 Å². The highest BCUT2D eigenvalue weighted by atomic mass is 35.5. The van der Waals surface area contributed by atoms with E-state index in [9.17, 15) is 4.79 Å². The third-order valence-electron chi connectivity index (χ3n) is 7.55. The second kappa shape index (κ2) is 12.5. The Morgan fingerprint density at radius 3 is 2.77 bits per heavy atom. The Morgan fingerprint density at radius 1 is 1.13 bits per heavy atom. The Hall–Kier alpha value is -3.58. The van der Waals surface area contributed by atoms with Crippen molar-refractivity contribution in [2.45, 2.75) is 51.0 Å². The standard InChI is InChI=1S/C31H36ClN5O2/c1-37(2)29-19-23-7-3-4-9-27(23)35-31(36-29)34-26-8-5-6-21(10-15-26)16-17-33-30(38)24-18-28(39-20-24)22-11-13-25(32)14-12-22/h3-4,7,9,11-14,18,20-21,26H,5-6,8,10,15-17,19H2,1-2H3,(H,33,38)(H,34,35). The molecule has 2 heterocycles. The van der Waals surface area contributed by atoms with Crippen LogP contribution >= 0.6 is 11.6 Å². The molecule has 204 valence electrons. The number of fused-ring (bicyclic) bond motifs is 1. The summed E-state index contributed by atoms with van der Waals surface area (Å²) in [7, 11) is 4.06. The van der Waals surface area contributed by atoms with Gasteiger partial charge in [-0.2, -0.15) is 4.99 Å². The summed E-state index contributed by atoms with van der Waals surface area (Å²) >= 11 is 5.97. The normalized spacial score (nSPS) is 20.3. The van der Waals surface area contributed by atoms with Crippen LogP contribution in [0.1, 0.15) is 54.4 Å². The molecule has 8 heteroatoms. The number of carbonyl (C=O) groups is 1. The van der Waals surface area contributed by atoms with Gasteiger partial charge in [0.05, 0.1) is 11.6 Å². The fourth-order valence-corrected chi connectivity index (χ4v) is 5.38. The van der Waals surface area contributed by atoms with E-state index in [1.165, 1.54) is 11.8 Å². The lowest BCUT2D eigenvalue weighted by molar-refractivity contribution is 0.0950. The number of furan rings is 1. The lowest BCUT2D eigenvalue weighted by atomic mass is 9.96. The van der Waals surface area contributed by atoms with Crippen molar-refractivity contribution >= 4 is 35.0 Å². The maximum absolute atomic E-state index is 12.7. The van der Waals surface area contributed by atoms with Gasteiger partial charge in [0, 0.05) is 43.3 Å². The van der Waals surface area contributed by atoms with Crippen molar-refractivity contribution in [1.29, 1.82) is 0 Å². The summed E-state index contributed by atoms with van der Waals surface area (Å²) in [5.41, 5.74) is 3.74. The number of amides is 1. The molecule has 5 rings (SSSR count). The third-order valence-corrected chi connectivity index (χ3v) is 7.81. The monoisotopic (exact) mass is 545 g/mol. The van der Waals surface area contributed by atoms with E-state index in [1.54, 1.807) is 6.07 Å². The molecule has 1 aromatic heterocycles. The number of benzene rings is 2. The molecule has 0 saturated heterocycles. The molecule has 1 saturated carbocycles. The predicted octanol–water partition coefficient (Wildman–Crippen LogP) is 6.65. The first-order chi connectivity index (χ1) is 18.9. The van der Waals surface area contributed by atoms with Gasteiger partial charge in [-0.3, -0.25) is 4.79 Å². The van der Waals surface area contributed by atoms with E-state index in [4.69, 9.17) is 26.0 Å². The average Bonchev–Trinajstić information content (AvgIpc) is 3.21. The fourth-order valence-electron chi connectivity index (χ4n) is 5.26. The molecule has 0 radical (unpaired) electrons. The Labute approximate surface area is 235 Å². The van der Waals surface area contributed by atoms with Gasteiger partial charge in [-0.1, -0.05) is 42.6 Å². The molecule has 7 nitrogen and oxygen atoms in total. The van der Waals surface area contributed by atoms with Crippen molar-refractivity contribution < 1.29 is 9.21 Å². The number of para-hydroxylation sites is 1. The van der Waals surface area contributed by atoms with E-state index >= 15 is 0 Å². The number of hydrogen-bond acceptors (Lipinski definition) is 4. The molecule has 1 aliphatic heterocycles. The summed E-state index contributed by atoms with van der Waals surface area (Å²) in [5.74, 6) is 2.84. The van der Waals surface area contributed by atoms with Crippen LogP contribution in [0, 0.1) is 5.92 Å². The second-order valence-corrected chi connectivity index (χ2v) is 11.0. The Bertz CT molecular complexity index is 1350. The summed E-state index contributed by atoms with van der Waals surface area (Å²) in [6.45, 7) is 0.652. The predicted molar refractivity (Wildman–Crippen MR) is 159 cm³/mol. The third kappa shape index (κ3) is 7.09. The number of halogens is 1. The van der Waals surface area contributed by atoms with Crippen molar-refractivity contribution in [3.63, 3.8) is 0 Å². The average molecular weight is 546 g/mol. The maximum atomic E-state index is 12.7. The van der Waals surface area contributed by atoms with E-state index in [0.717, 1.165) is 62.0 Å². The zero-order valence-electron chi connectivity index (χ0n) is 22.6. The molecule has 1 amide bonds. The Kier molecular flexibility index (Phi) is 8.67. The van der Waals surface area contributed by atoms with Crippen molar-refractivity contribution in [2.75, 3.05) is 26.0 Å². The molecule has 2 atom stereocenters. The second-order valence-electron chi connectivity index (χ2n) is 10.6. The van der Waals surface area contributed by atoms with Crippen LogP contribution in [0.2, 0.25) is 5.02 Å². The summed E-state index contributed by atoms with van der Waals surface area (Å²) < 4.78 is 5.61. The minimum atomic E-state index is -0.105. The molecule has 1 aliphatic carbocycles. The smallest absolute Gasteiger partial charge is 0.254 e. The Morgan fingerprint density at radius 2 is 1.95 bits per heavy atom.